The third kappa shape index (κ3) is 3.55. The first kappa shape index (κ1) is 13.6. The Bertz CT molecular complexity index is 606. The van der Waals surface area contributed by atoms with Crippen molar-refractivity contribution in [3.63, 3.8) is 0 Å². The number of oxazole rings is 1. The largest absolute Gasteiger partial charge is 0.494 e. The van der Waals surface area contributed by atoms with Crippen LogP contribution in [0.25, 0.3) is 0 Å². The second-order valence-electron chi connectivity index (χ2n) is 3.71. The van der Waals surface area contributed by atoms with E-state index in [0.29, 0.717) is 18.1 Å². The van der Waals surface area contributed by atoms with E-state index in [0.717, 1.165) is 0 Å². The molecule has 0 aliphatic rings. The number of sulfonamides is 1. The van der Waals surface area contributed by atoms with Gasteiger partial charge in [0.1, 0.15) is 12.0 Å². The van der Waals surface area contributed by atoms with Crippen LogP contribution >= 0.6 is 0 Å². The van der Waals surface area contributed by atoms with E-state index in [4.69, 9.17) is 9.15 Å². The maximum Gasteiger partial charge on any atom is 0.240 e. The van der Waals surface area contributed by atoms with E-state index in [1.54, 1.807) is 12.1 Å². The summed E-state index contributed by atoms with van der Waals surface area (Å²) in [6.07, 6.45) is 2.64. The average Bonchev–Trinajstić information content (AvgIpc) is 2.91. The minimum atomic E-state index is -3.56. The lowest BCUT2D eigenvalue weighted by Crippen LogP contribution is -2.23. The molecule has 102 valence electrons. The van der Waals surface area contributed by atoms with Gasteiger partial charge in [0.25, 0.3) is 0 Å². The van der Waals surface area contributed by atoms with Gasteiger partial charge >= 0.3 is 0 Å². The van der Waals surface area contributed by atoms with Gasteiger partial charge in [-0.3, -0.25) is 0 Å². The highest BCUT2D eigenvalue weighted by Gasteiger charge is 2.14. The number of nitrogens with zero attached hydrogens (tertiary/aromatic N) is 1. The zero-order chi connectivity index (χ0) is 13.7. The van der Waals surface area contributed by atoms with Gasteiger partial charge < -0.3 is 9.15 Å². The zero-order valence-corrected chi connectivity index (χ0v) is 11.2. The second-order valence-corrected chi connectivity index (χ2v) is 5.48. The van der Waals surface area contributed by atoms with Crippen molar-refractivity contribution < 1.29 is 17.6 Å². The molecule has 0 radical (unpaired) electrons. The second kappa shape index (κ2) is 5.85. The summed E-state index contributed by atoms with van der Waals surface area (Å²) >= 11 is 0. The lowest BCUT2D eigenvalue weighted by Gasteiger charge is -2.07. The fourth-order valence-corrected chi connectivity index (χ4v) is 2.46. The first-order chi connectivity index (χ1) is 9.12. The predicted octanol–water partition coefficient (Wildman–Crippen LogP) is 1.55. The van der Waals surface area contributed by atoms with E-state index in [1.807, 2.05) is 6.92 Å². The molecule has 7 heteroatoms. The van der Waals surface area contributed by atoms with Crippen LogP contribution in [0.3, 0.4) is 0 Å². The molecule has 1 aromatic carbocycles. The summed E-state index contributed by atoms with van der Waals surface area (Å²) in [5, 5.41) is 0. The first-order valence-corrected chi connectivity index (χ1v) is 7.20. The van der Waals surface area contributed by atoms with Crippen molar-refractivity contribution in [3.8, 4) is 5.75 Å². The van der Waals surface area contributed by atoms with E-state index in [9.17, 15) is 8.42 Å². The Morgan fingerprint density at radius 3 is 2.63 bits per heavy atom. The van der Waals surface area contributed by atoms with Crippen molar-refractivity contribution in [2.45, 2.75) is 18.4 Å². The SMILES string of the molecule is CCOc1ccc(S(=O)(=O)NCc2cocn2)cc1. The zero-order valence-electron chi connectivity index (χ0n) is 10.4. The fraction of sp³-hybridized carbons (Fsp3) is 0.250. The molecule has 0 bridgehead atoms. The topological polar surface area (TPSA) is 81.4 Å². The van der Waals surface area contributed by atoms with Crippen LogP contribution in [0.1, 0.15) is 12.6 Å². The molecule has 6 nitrogen and oxygen atoms in total. The van der Waals surface area contributed by atoms with Crippen molar-refractivity contribution in [2.75, 3.05) is 6.61 Å². The first-order valence-electron chi connectivity index (χ1n) is 5.71. The van der Waals surface area contributed by atoms with Gasteiger partial charge in [0.15, 0.2) is 6.39 Å². The van der Waals surface area contributed by atoms with Gasteiger partial charge in [0.05, 0.1) is 23.7 Å². The van der Waals surface area contributed by atoms with E-state index >= 15 is 0 Å². The van der Waals surface area contributed by atoms with Crippen LogP contribution < -0.4 is 9.46 Å². The molecule has 0 saturated heterocycles. The number of hydrogen-bond donors (Lipinski definition) is 1. The molecule has 0 saturated carbocycles. The fourth-order valence-electron chi connectivity index (χ4n) is 1.46. The number of benzene rings is 1. The number of rotatable bonds is 6. The highest BCUT2D eigenvalue weighted by atomic mass is 32.2. The molecule has 2 aromatic rings. The van der Waals surface area contributed by atoms with Gasteiger partial charge in [-0.2, -0.15) is 0 Å². The molecule has 2 rings (SSSR count). The van der Waals surface area contributed by atoms with Crippen LogP contribution in [0, 0.1) is 0 Å². The summed E-state index contributed by atoms with van der Waals surface area (Å²) in [6.45, 7) is 2.49. The summed E-state index contributed by atoms with van der Waals surface area (Å²) in [7, 11) is -3.56. The molecular weight excluding hydrogens is 268 g/mol. The van der Waals surface area contributed by atoms with Crippen LogP contribution in [-0.2, 0) is 16.6 Å². The number of hydrogen-bond acceptors (Lipinski definition) is 5. The molecule has 0 unspecified atom stereocenters. The van der Waals surface area contributed by atoms with Gasteiger partial charge in [-0.1, -0.05) is 0 Å². The van der Waals surface area contributed by atoms with Gasteiger partial charge in [-0.15, -0.1) is 0 Å². The molecule has 0 aliphatic carbocycles. The molecule has 0 spiro atoms. The Morgan fingerprint density at radius 1 is 1.32 bits per heavy atom. The summed E-state index contributed by atoms with van der Waals surface area (Å²) in [5.41, 5.74) is 0.523. The third-order valence-corrected chi connectivity index (χ3v) is 3.79. The predicted molar refractivity (Wildman–Crippen MR) is 68.1 cm³/mol. The molecule has 0 amide bonds. The van der Waals surface area contributed by atoms with Gasteiger partial charge in [-0.05, 0) is 31.2 Å². The lowest BCUT2D eigenvalue weighted by atomic mass is 10.3. The maximum atomic E-state index is 12.0. The summed E-state index contributed by atoms with van der Waals surface area (Å²) in [5.74, 6) is 0.637. The van der Waals surface area contributed by atoms with Crippen LogP contribution in [0.2, 0.25) is 0 Å². The van der Waals surface area contributed by atoms with Crippen molar-refractivity contribution in [1.29, 1.82) is 0 Å². The number of ether oxygens (including phenoxy) is 1. The molecule has 1 aromatic heterocycles. The quantitative estimate of drug-likeness (QED) is 0.869. The highest BCUT2D eigenvalue weighted by molar-refractivity contribution is 7.89. The average molecular weight is 282 g/mol. The standard InChI is InChI=1S/C12H14N2O4S/c1-2-18-11-3-5-12(6-4-11)19(15,16)14-7-10-8-17-9-13-10/h3-6,8-9,14H,2,7H2,1H3. The lowest BCUT2D eigenvalue weighted by molar-refractivity contribution is 0.340. The number of nitrogens with one attached hydrogen (secondary N) is 1. The van der Waals surface area contributed by atoms with E-state index in [2.05, 4.69) is 9.71 Å². The highest BCUT2D eigenvalue weighted by Crippen LogP contribution is 2.16. The van der Waals surface area contributed by atoms with Gasteiger partial charge in [0, 0.05) is 0 Å². The summed E-state index contributed by atoms with van der Waals surface area (Å²) in [6, 6.07) is 6.23. The maximum absolute atomic E-state index is 12.0. The molecule has 0 atom stereocenters. The number of aromatic nitrogens is 1. The summed E-state index contributed by atoms with van der Waals surface area (Å²) < 4.78 is 36.4. The normalized spacial score (nSPS) is 11.4. The van der Waals surface area contributed by atoms with Crippen LogP contribution in [0.15, 0.2) is 46.2 Å². The van der Waals surface area contributed by atoms with Crippen molar-refractivity contribution in [1.82, 2.24) is 9.71 Å². The Morgan fingerprint density at radius 2 is 2.05 bits per heavy atom. The molecular formula is C12H14N2O4S. The van der Waals surface area contributed by atoms with E-state index in [-0.39, 0.29) is 11.4 Å². The minimum Gasteiger partial charge on any atom is -0.494 e. The minimum absolute atomic E-state index is 0.0893. The summed E-state index contributed by atoms with van der Waals surface area (Å²) in [4.78, 5) is 4.02. The van der Waals surface area contributed by atoms with Crippen LogP contribution in [0.4, 0.5) is 0 Å². The monoisotopic (exact) mass is 282 g/mol. The van der Waals surface area contributed by atoms with Crippen molar-refractivity contribution in [3.05, 3.63) is 42.6 Å². The molecule has 1 N–H and O–H groups in total. The van der Waals surface area contributed by atoms with Crippen molar-refractivity contribution in [2.24, 2.45) is 0 Å². The Hall–Kier alpha value is -1.86. The van der Waals surface area contributed by atoms with Crippen LogP contribution in [0.5, 0.6) is 5.75 Å². The van der Waals surface area contributed by atoms with E-state index < -0.39 is 10.0 Å². The molecule has 1 heterocycles. The smallest absolute Gasteiger partial charge is 0.240 e. The molecule has 0 fully saturated rings. The Balaban J connectivity index is 2.06. The Labute approximate surface area is 111 Å². The third-order valence-electron chi connectivity index (χ3n) is 2.37. The van der Waals surface area contributed by atoms with Crippen LogP contribution in [-0.4, -0.2) is 20.0 Å². The van der Waals surface area contributed by atoms with E-state index in [1.165, 1.54) is 24.8 Å². The van der Waals surface area contributed by atoms with Gasteiger partial charge in [-0.25, -0.2) is 18.1 Å². The van der Waals surface area contributed by atoms with Gasteiger partial charge in [0.2, 0.25) is 10.0 Å². The molecule has 19 heavy (non-hydrogen) atoms. The van der Waals surface area contributed by atoms with Crippen molar-refractivity contribution >= 4 is 10.0 Å². The molecule has 0 aliphatic heterocycles. The Kier molecular flexibility index (Phi) is 4.18.